The van der Waals surface area contributed by atoms with Gasteiger partial charge in [0.25, 0.3) is 0 Å². The monoisotopic (exact) mass is 343 g/mol. The maximum atomic E-state index is 6.22. The van der Waals surface area contributed by atoms with E-state index in [0.29, 0.717) is 11.6 Å². The summed E-state index contributed by atoms with van der Waals surface area (Å²) in [7, 11) is -1.61. The number of allylic oxidation sites excluding steroid dienone is 4. The van der Waals surface area contributed by atoms with Crippen LogP contribution in [0.15, 0.2) is 21.6 Å². The first-order valence-electron chi connectivity index (χ1n) is 6.17. The zero-order valence-electron chi connectivity index (χ0n) is 11.9. The summed E-state index contributed by atoms with van der Waals surface area (Å²) < 4.78 is 7.76. The van der Waals surface area contributed by atoms with Crippen LogP contribution in [0.5, 0.6) is 0 Å². The molecule has 0 aromatic heterocycles. The van der Waals surface area contributed by atoms with Crippen molar-refractivity contribution in [3.05, 3.63) is 21.6 Å². The Balaban J connectivity index is 0. The Morgan fingerprint density at radius 3 is 2.22 bits per heavy atom. The quantitative estimate of drug-likeness (QED) is 0.638. The van der Waals surface area contributed by atoms with E-state index in [9.17, 15) is 0 Å². The molecule has 0 fully saturated rings. The predicted molar refractivity (Wildman–Crippen MR) is 83.0 cm³/mol. The van der Waals surface area contributed by atoms with E-state index in [1.54, 1.807) is 9.45 Å². The second-order valence-electron chi connectivity index (χ2n) is 5.27. The van der Waals surface area contributed by atoms with Gasteiger partial charge in [0.15, 0.2) is 0 Å². The molecule has 0 aromatic carbocycles. The van der Waals surface area contributed by atoms with Crippen molar-refractivity contribution in [2.45, 2.75) is 58.4 Å². The first-order valence-corrected chi connectivity index (χ1v) is 9.94. The van der Waals surface area contributed by atoms with E-state index in [0.717, 1.165) is 6.42 Å². The summed E-state index contributed by atoms with van der Waals surface area (Å²) in [5.41, 5.74) is 2.20. The maximum Gasteiger partial charge on any atom is -0.147 e. The smallest absolute Gasteiger partial charge is 0.147 e. The molecule has 0 amide bonds. The number of rotatable bonds is 5. The molecule has 0 heterocycles. The Hall–Kier alpha value is 0.951. The first kappa shape index (κ1) is 21.3. The summed E-state index contributed by atoms with van der Waals surface area (Å²) in [6.07, 6.45) is 7.29. The molecule has 1 aliphatic rings. The molecule has 0 aromatic rings. The number of hydrogen-bond donors (Lipinski definition) is 0. The van der Waals surface area contributed by atoms with Crippen molar-refractivity contribution in [2.24, 2.45) is 0 Å². The predicted octanol–water partition coefficient (Wildman–Crippen LogP) is 5.00. The maximum absolute atomic E-state index is 6.22. The Kier molecular flexibility index (Phi) is 10.6. The van der Waals surface area contributed by atoms with Gasteiger partial charge in [0.05, 0.1) is 0 Å². The molecule has 1 rings (SSSR count). The van der Waals surface area contributed by atoms with E-state index in [2.05, 4.69) is 66.5 Å². The minimum Gasteiger partial charge on any atom is -0.147 e. The third kappa shape index (κ3) is 5.52. The fourth-order valence-corrected chi connectivity index (χ4v) is 6.82. The van der Waals surface area contributed by atoms with Crippen LogP contribution in [0.3, 0.4) is 0 Å². The fraction of sp³-hybridized carbons (Fsp3) is 0.692. The van der Waals surface area contributed by atoms with Gasteiger partial charge in [0.1, 0.15) is 0 Å². The Morgan fingerprint density at radius 1 is 1.33 bits per heavy atom. The number of hydrogen-bond acceptors (Lipinski definition) is 1. The van der Waals surface area contributed by atoms with Crippen LogP contribution >= 0.6 is 24.8 Å². The van der Waals surface area contributed by atoms with Gasteiger partial charge in [0, 0.05) is 0 Å². The average molecular weight is 344 g/mol. The van der Waals surface area contributed by atoms with Gasteiger partial charge >= 0.3 is 113 Å². The van der Waals surface area contributed by atoms with E-state index >= 15 is 0 Å². The van der Waals surface area contributed by atoms with E-state index in [4.69, 9.17) is 4.43 Å². The third-order valence-corrected chi connectivity index (χ3v) is 7.38. The van der Waals surface area contributed by atoms with Gasteiger partial charge in [-0.15, -0.1) is 24.8 Å². The summed E-state index contributed by atoms with van der Waals surface area (Å²) in [6.45, 7) is 11.3. The molecule has 0 spiro atoms. The molecule has 0 N–H and O–H groups in total. The van der Waals surface area contributed by atoms with Crippen LogP contribution in [0.25, 0.3) is 0 Å². The summed E-state index contributed by atoms with van der Waals surface area (Å²) in [6, 6.07) is 0. The molecule has 1 aliphatic carbocycles. The Morgan fingerprint density at radius 2 is 1.89 bits per heavy atom. The van der Waals surface area contributed by atoms with Crippen LogP contribution in [0.2, 0.25) is 18.6 Å². The number of halogens is 2. The third-order valence-electron chi connectivity index (χ3n) is 3.13. The Bertz CT molecular complexity index is 314. The van der Waals surface area contributed by atoms with Crippen molar-refractivity contribution in [1.29, 1.82) is 0 Å². The molecular weight excluding hydrogens is 319 g/mol. The average Bonchev–Trinajstić information content (AvgIpc) is 2.50. The van der Waals surface area contributed by atoms with Gasteiger partial charge in [-0.25, -0.2) is 0 Å². The Labute approximate surface area is 137 Å². The summed E-state index contributed by atoms with van der Waals surface area (Å²) in [5, 5.41) is 0. The molecular formula is C13H25Cl2OSiTi. The molecule has 0 bridgehead atoms. The van der Waals surface area contributed by atoms with Gasteiger partial charge in [-0.3, -0.25) is 0 Å². The normalized spacial score (nSPS) is 16.5. The molecule has 0 radical (unpaired) electrons. The van der Waals surface area contributed by atoms with Gasteiger partial charge in [-0.05, 0) is 0 Å². The zero-order valence-corrected chi connectivity index (χ0v) is 16.1. The molecule has 105 valence electrons. The second kappa shape index (κ2) is 8.99. The van der Waals surface area contributed by atoms with E-state index in [1.165, 1.54) is 6.42 Å². The topological polar surface area (TPSA) is 9.23 Å². The fourth-order valence-electron chi connectivity index (χ4n) is 2.62. The molecule has 0 saturated carbocycles. The molecule has 1 atom stereocenters. The summed E-state index contributed by atoms with van der Waals surface area (Å²) in [5.74, 6) is 0. The van der Waals surface area contributed by atoms with Crippen LogP contribution in [-0.2, 0) is 24.9 Å². The SMILES string of the molecule is CCC(C1=[C]([Ti])CC=C1)[Si](C)(C)OC(C)C.Cl.Cl. The van der Waals surface area contributed by atoms with Gasteiger partial charge in [0.2, 0.25) is 0 Å². The standard InChI is InChI=1S/C13H23OSi.2ClH.Ti/c1-6-13(12-9-7-8-10-12)15(4,5)14-11(2)3;;;/h7,9,11,13H,6,8H2,1-5H3;2*1H;. The molecule has 1 nitrogen and oxygen atoms in total. The van der Waals surface area contributed by atoms with Crippen molar-refractivity contribution in [3.8, 4) is 0 Å². The molecule has 0 aliphatic heterocycles. The van der Waals surface area contributed by atoms with Gasteiger partial charge in [-0.1, -0.05) is 0 Å². The van der Waals surface area contributed by atoms with Crippen molar-refractivity contribution in [2.75, 3.05) is 0 Å². The summed E-state index contributed by atoms with van der Waals surface area (Å²) >= 11 is 2.26. The van der Waals surface area contributed by atoms with Crippen molar-refractivity contribution >= 4 is 33.1 Å². The first-order chi connectivity index (χ1) is 7.38. The largest absolute Gasteiger partial charge is 0.147 e. The van der Waals surface area contributed by atoms with Gasteiger partial charge < -0.3 is 0 Å². The molecule has 5 heteroatoms. The van der Waals surface area contributed by atoms with Crippen LogP contribution in [0, 0.1) is 0 Å². The van der Waals surface area contributed by atoms with Crippen LogP contribution < -0.4 is 0 Å². The second-order valence-corrected chi connectivity index (χ2v) is 10.4. The van der Waals surface area contributed by atoms with Gasteiger partial charge in [-0.2, -0.15) is 0 Å². The molecule has 1 unspecified atom stereocenters. The van der Waals surface area contributed by atoms with E-state index in [-0.39, 0.29) is 24.8 Å². The van der Waals surface area contributed by atoms with E-state index in [1.807, 2.05) is 0 Å². The summed E-state index contributed by atoms with van der Waals surface area (Å²) in [4.78, 5) is 0. The molecule has 18 heavy (non-hydrogen) atoms. The van der Waals surface area contributed by atoms with Crippen molar-refractivity contribution in [1.82, 2.24) is 0 Å². The zero-order chi connectivity index (χ0) is 12.3. The van der Waals surface area contributed by atoms with Crippen molar-refractivity contribution < 1.29 is 24.9 Å². The van der Waals surface area contributed by atoms with Crippen LogP contribution in [0.1, 0.15) is 33.6 Å². The van der Waals surface area contributed by atoms with E-state index < -0.39 is 8.32 Å². The van der Waals surface area contributed by atoms with Crippen LogP contribution in [0.4, 0.5) is 0 Å². The van der Waals surface area contributed by atoms with Crippen molar-refractivity contribution in [3.63, 3.8) is 0 Å². The minimum absolute atomic E-state index is 0. The minimum atomic E-state index is -1.61. The van der Waals surface area contributed by atoms with Crippen LogP contribution in [-0.4, -0.2) is 14.4 Å². The molecule has 0 saturated heterocycles.